The van der Waals surface area contributed by atoms with E-state index in [1.165, 1.54) is 0 Å². The highest BCUT2D eigenvalue weighted by molar-refractivity contribution is 5.97. The second-order valence-corrected chi connectivity index (χ2v) is 4.42. The Balaban J connectivity index is 1.94. The summed E-state index contributed by atoms with van der Waals surface area (Å²) >= 11 is 0. The number of ketones is 1. The van der Waals surface area contributed by atoms with Crippen LogP contribution in [-0.2, 0) is 13.6 Å². The van der Waals surface area contributed by atoms with E-state index in [9.17, 15) is 4.79 Å². The predicted octanol–water partition coefficient (Wildman–Crippen LogP) is 1.73. The first-order chi connectivity index (χ1) is 8.66. The van der Waals surface area contributed by atoms with Crippen molar-refractivity contribution in [3.05, 3.63) is 54.1 Å². The average Bonchev–Trinajstić information content (AvgIpc) is 2.76. The molecule has 0 saturated carbocycles. The summed E-state index contributed by atoms with van der Waals surface area (Å²) in [4.78, 5) is 18.2. The van der Waals surface area contributed by atoms with E-state index in [0.29, 0.717) is 13.1 Å². The van der Waals surface area contributed by atoms with Crippen molar-refractivity contribution in [2.24, 2.45) is 7.05 Å². The zero-order valence-electron chi connectivity index (χ0n) is 10.7. The van der Waals surface area contributed by atoms with Gasteiger partial charge >= 0.3 is 0 Å². The lowest BCUT2D eigenvalue weighted by Crippen LogP contribution is -2.26. The fourth-order valence-electron chi connectivity index (χ4n) is 1.81. The van der Waals surface area contributed by atoms with Crippen LogP contribution in [0, 0.1) is 0 Å². The third-order valence-corrected chi connectivity index (χ3v) is 2.84. The Morgan fingerprint density at radius 2 is 2.06 bits per heavy atom. The van der Waals surface area contributed by atoms with Crippen LogP contribution in [-0.4, -0.2) is 33.8 Å². The van der Waals surface area contributed by atoms with Crippen molar-refractivity contribution in [1.29, 1.82) is 0 Å². The number of hydrogen-bond acceptors (Lipinski definition) is 3. The fraction of sp³-hybridized carbons (Fsp3) is 0.286. The number of carbonyl (C=O) groups excluding carboxylic acids is 1. The minimum Gasteiger partial charge on any atom is -0.337 e. The monoisotopic (exact) mass is 243 g/mol. The summed E-state index contributed by atoms with van der Waals surface area (Å²) in [6, 6.07) is 9.36. The standard InChI is InChI=1S/C14H17N3O/c1-16(11-14-15-8-9-17(14)2)10-13(18)12-6-4-3-5-7-12/h3-9H,10-11H2,1-2H3. The number of carbonyl (C=O) groups is 1. The van der Waals surface area contributed by atoms with Crippen LogP contribution in [0.15, 0.2) is 42.7 Å². The zero-order chi connectivity index (χ0) is 13.0. The molecular weight excluding hydrogens is 226 g/mol. The molecule has 0 aliphatic rings. The molecule has 2 rings (SSSR count). The van der Waals surface area contributed by atoms with Crippen LogP contribution < -0.4 is 0 Å². The fourth-order valence-corrected chi connectivity index (χ4v) is 1.81. The van der Waals surface area contributed by atoms with Crippen LogP contribution in [0.1, 0.15) is 16.2 Å². The van der Waals surface area contributed by atoms with Crippen molar-refractivity contribution in [2.75, 3.05) is 13.6 Å². The van der Waals surface area contributed by atoms with Gasteiger partial charge in [-0.25, -0.2) is 4.98 Å². The van der Waals surface area contributed by atoms with Crippen molar-refractivity contribution in [3.63, 3.8) is 0 Å². The summed E-state index contributed by atoms with van der Waals surface area (Å²) < 4.78 is 1.96. The van der Waals surface area contributed by atoms with E-state index >= 15 is 0 Å². The molecular formula is C14H17N3O. The second kappa shape index (κ2) is 5.60. The molecule has 0 bridgehead atoms. The van der Waals surface area contributed by atoms with Gasteiger partial charge < -0.3 is 4.57 Å². The number of aryl methyl sites for hydroxylation is 1. The lowest BCUT2D eigenvalue weighted by Gasteiger charge is -2.15. The molecule has 0 aliphatic heterocycles. The summed E-state index contributed by atoms with van der Waals surface area (Å²) in [7, 11) is 3.88. The molecule has 0 atom stereocenters. The third-order valence-electron chi connectivity index (χ3n) is 2.84. The van der Waals surface area contributed by atoms with Crippen LogP contribution in [0.2, 0.25) is 0 Å². The number of benzene rings is 1. The normalized spacial score (nSPS) is 10.8. The summed E-state index contributed by atoms with van der Waals surface area (Å²) in [6.07, 6.45) is 3.67. The quantitative estimate of drug-likeness (QED) is 0.751. The van der Waals surface area contributed by atoms with E-state index in [-0.39, 0.29) is 5.78 Å². The first-order valence-electron chi connectivity index (χ1n) is 5.90. The van der Waals surface area contributed by atoms with Gasteiger partial charge in [0.1, 0.15) is 5.82 Å². The summed E-state index contributed by atoms with van der Waals surface area (Å²) in [5.74, 6) is 1.09. The summed E-state index contributed by atoms with van der Waals surface area (Å²) in [5, 5.41) is 0. The van der Waals surface area contributed by atoms with Crippen molar-refractivity contribution < 1.29 is 4.79 Å². The van der Waals surface area contributed by atoms with Gasteiger partial charge in [0.2, 0.25) is 0 Å². The van der Waals surface area contributed by atoms with Crippen LogP contribution >= 0.6 is 0 Å². The molecule has 0 fully saturated rings. The lowest BCUT2D eigenvalue weighted by atomic mass is 10.1. The summed E-state index contributed by atoms with van der Waals surface area (Å²) in [5.41, 5.74) is 0.754. The lowest BCUT2D eigenvalue weighted by molar-refractivity contribution is 0.0941. The Morgan fingerprint density at radius 3 is 2.67 bits per heavy atom. The van der Waals surface area contributed by atoms with E-state index in [0.717, 1.165) is 11.4 Å². The molecule has 1 aromatic carbocycles. The van der Waals surface area contributed by atoms with Gasteiger partial charge in [-0.3, -0.25) is 9.69 Å². The molecule has 0 spiro atoms. The Bertz CT molecular complexity index is 519. The highest BCUT2D eigenvalue weighted by atomic mass is 16.1. The molecule has 4 nitrogen and oxygen atoms in total. The number of nitrogens with zero attached hydrogens (tertiary/aromatic N) is 3. The molecule has 2 aromatic rings. The maximum atomic E-state index is 12.0. The van der Waals surface area contributed by atoms with Crippen LogP contribution in [0.3, 0.4) is 0 Å². The largest absolute Gasteiger partial charge is 0.337 e. The first-order valence-corrected chi connectivity index (χ1v) is 5.90. The molecule has 1 aromatic heterocycles. The number of likely N-dealkylation sites (N-methyl/N-ethyl adjacent to an activating group) is 1. The van der Waals surface area contributed by atoms with Crippen LogP contribution in [0.25, 0.3) is 0 Å². The molecule has 0 N–H and O–H groups in total. The maximum Gasteiger partial charge on any atom is 0.176 e. The Labute approximate surface area is 107 Å². The average molecular weight is 243 g/mol. The molecule has 0 saturated heterocycles. The minimum absolute atomic E-state index is 0.132. The van der Waals surface area contributed by atoms with Gasteiger partial charge in [-0.15, -0.1) is 0 Å². The van der Waals surface area contributed by atoms with Crippen molar-refractivity contribution >= 4 is 5.78 Å². The molecule has 0 aliphatic carbocycles. The predicted molar refractivity (Wildman–Crippen MR) is 70.3 cm³/mol. The van der Waals surface area contributed by atoms with E-state index in [2.05, 4.69) is 4.98 Å². The molecule has 4 heteroatoms. The SMILES string of the molecule is CN(CC(=O)c1ccccc1)Cc1nccn1C. The Kier molecular flexibility index (Phi) is 3.89. The molecule has 18 heavy (non-hydrogen) atoms. The minimum atomic E-state index is 0.132. The van der Waals surface area contributed by atoms with Crippen molar-refractivity contribution in [1.82, 2.24) is 14.5 Å². The van der Waals surface area contributed by atoms with Gasteiger partial charge in [0.05, 0.1) is 13.1 Å². The number of aromatic nitrogens is 2. The first kappa shape index (κ1) is 12.5. The van der Waals surface area contributed by atoms with Gasteiger partial charge in [0.25, 0.3) is 0 Å². The zero-order valence-corrected chi connectivity index (χ0v) is 10.7. The Hall–Kier alpha value is -1.94. The molecule has 0 amide bonds. The smallest absolute Gasteiger partial charge is 0.176 e. The van der Waals surface area contributed by atoms with E-state index < -0.39 is 0 Å². The number of Topliss-reactive ketones (excluding diaryl/α,β-unsaturated/α-hetero) is 1. The highest BCUT2D eigenvalue weighted by Crippen LogP contribution is 2.04. The molecule has 0 radical (unpaired) electrons. The Morgan fingerprint density at radius 1 is 1.33 bits per heavy atom. The van der Waals surface area contributed by atoms with Gasteiger partial charge in [-0.05, 0) is 7.05 Å². The number of rotatable bonds is 5. The van der Waals surface area contributed by atoms with Crippen LogP contribution in [0.4, 0.5) is 0 Å². The van der Waals surface area contributed by atoms with Gasteiger partial charge in [-0.2, -0.15) is 0 Å². The molecule has 1 heterocycles. The van der Waals surface area contributed by atoms with E-state index in [1.54, 1.807) is 6.20 Å². The van der Waals surface area contributed by atoms with Gasteiger partial charge in [0.15, 0.2) is 5.78 Å². The highest BCUT2D eigenvalue weighted by Gasteiger charge is 2.10. The van der Waals surface area contributed by atoms with E-state index in [4.69, 9.17) is 0 Å². The summed E-state index contributed by atoms with van der Waals surface area (Å²) in [6.45, 7) is 1.07. The van der Waals surface area contributed by atoms with Crippen molar-refractivity contribution in [2.45, 2.75) is 6.54 Å². The number of hydrogen-bond donors (Lipinski definition) is 0. The van der Waals surface area contributed by atoms with Crippen LogP contribution in [0.5, 0.6) is 0 Å². The van der Waals surface area contributed by atoms with Crippen molar-refractivity contribution in [3.8, 4) is 0 Å². The van der Waals surface area contributed by atoms with E-state index in [1.807, 2.05) is 60.1 Å². The molecule has 94 valence electrons. The van der Waals surface area contributed by atoms with Gasteiger partial charge in [-0.1, -0.05) is 30.3 Å². The second-order valence-electron chi connectivity index (χ2n) is 4.42. The topological polar surface area (TPSA) is 38.1 Å². The van der Waals surface area contributed by atoms with Gasteiger partial charge in [0, 0.05) is 25.0 Å². The maximum absolute atomic E-state index is 12.0. The number of imidazole rings is 1. The third kappa shape index (κ3) is 3.05. The molecule has 0 unspecified atom stereocenters.